The van der Waals surface area contributed by atoms with Gasteiger partial charge in [0.2, 0.25) is 5.56 Å². The first kappa shape index (κ1) is 19.0. The van der Waals surface area contributed by atoms with Gasteiger partial charge >= 0.3 is 0 Å². The fourth-order valence-electron chi connectivity index (χ4n) is 3.31. The molecule has 0 saturated carbocycles. The highest BCUT2D eigenvalue weighted by Gasteiger charge is 2.30. The average molecular weight is 370 g/mol. The molecule has 3 N–H and O–H groups in total. The molecule has 1 fully saturated rings. The van der Waals surface area contributed by atoms with E-state index in [1.165, 1.54) is 6.07 Å². The normalized spacial score (nSPS) is 17.1. The maximum Gasteiger partial charge on any atom is 0.254 e. The lowest BCUT2D eigenvalue weighted by molar-refractivity contribution is 0.0779. The second kappa shape index (κ2) is 7.87. The summed E-state index contributed by atoms with van der Waals surface area (Å²) in [5, 5.41) is 0. The fourth-order valence-corrected chi connectivity index (χ4v) is 3.31. The number of likely N-dealkylation sites (tertiary alicyclic amines) is 1. The maximum absolute atomic E-state index is 12.9. The zero-order chi connectivity index (χ0) is 19.6. The zero-order valence-electron chi connectivity index (χ0n) is 16.0. The lowest BCUT2D eigenvalue weighted by Crippen LogP contribution is -2.36. The molecule has 0 aromatic carbocycles. The molecule has 0 unspecified atom stereocenters. The largest absolute Gasteiger partial charge is 0.384 e. The van der Waals surface area contributed by atoms with Crippen LogP contribution in [0.3, 0.4) is 0 Å². The molecule has 8 nitrogen and oxygen atoms in total. The number of rotatable bonds is 5. The Balaban J connectivity index is 1.66. The molecule has 3 heterocycles. The second-order valence-electron chi connectivity index (χ2n) is 7.35. The molecule has 0 bridgehead atoms. The van der Waals surface area contributed by atoms with Crippen molar-refractivity contribution in [3.63, 3.8) is 0 Å². The van der Waals surface area contributed by atoms with Crippen molar-refractivity contribution >= 4 is 11.7 Å². The highest BCUT2D eigenvalue weighted by molar-refractivity contribution is 5.94. The van der Waals surface area contributed by atoms with E-state index in [1.807, 2.05) is 20.9 Å². The average Bonchev–Trinajstić information content (AvgIpc) is 3.10. The molecule has 2 aromatic heterocycles. The van der Waals surface area contributed by atoms with Gasteiger partial charge in [-0.25, -0.2) is 9.97 Å². The van der Waals surface area contributed by atoms with Crippen LogP contribution < -0.4 is 11.3 Å². The predicted molar refractivity (Wildman–Crippen MR) is 103 cm³/mol. The van der Waals surface area contributed by atoms with E-state index in [0.29, 0.717) is 36.8 Å². The lowest BCUT2D eigenvalue weighted by Gasteiger charge is -2.24. The minimum absolute atomic E-state index is 0.0981. The van der Waals surface area contributed by atoms with E-state index in [0.717, 1.165) is 12.1 Å². The second-order valence-corrected chi connectivity index (χ2v) is 7.35. The number of hydrogen-bond acceptors (Lipinski definition) is 6. The molecule has 1 aliphatic heterocycles. The van der Waals surface area contributed by atoms with Crippen LogP contribution in [0.4, 0.5) is 5.82 Å². The quantitative estimate of drug-likeness (QED) is 0.819. The topological polar surface area (TPSA) is 108 Å². The number of pyridine rings is 1. The van der Waals surface area contributed by atoms with Crippen LogP contribution in [0.2, 0.25) is 0 Å². The van der Waals surface area contributed by atoms with Crippen LogP contribution >= 0.6 is 0 Å². The van der Waals surface area contributed by atoms with Crippen LogP contribution in [-0.2, 0) is 6.54 Å². The molecule has 0 spiro atoms. The van der Waals surface area contributed by atoms with Gasteiger partial charge in [-0.3, -0.25) is 14.5 Å². The highest BCUT2D eigenvalue weighted by Crippen LogP contribution is 2.19. The first-order valence-electron chi connectivity index (χ1n) is 9.14. The van der Waals surface area contributed by atoms with Gasteiger partial charge < -0.3 is 15.6 Å². The van der Waals surface area contributed by atoms with E-state index in [4.69, 9.17) is 5.73 Å². The molecule has 144 valence electrons. The number of nitrogens with zero attached hydrogens (tertiary/aromatic N) is 4. The van der Waals surface area contributed by atoms with E-state index in [-0.39, 0.29) is 23.4 Å². The Bertz CT molecular complexity index is 878. The smallest absolute Gasteiger partial charge is 0.254 e. The Morgan fingerprint density at radius 3 is 2.93 bits per heavy atom. The summed E-state index contributed by atoms with van der Waals surface area (Å²) in [4.78, 5) is 39.9. The van der Waals surface area contributed by atoms with Crippen LogP contribution in [0.15, 0.2) is 29.2 Å². The van der Waals surface area contributed by atoms with Gasteiger partial charge in [0.1, 0.15) is 11.6 Å². The molecular weight excluding hydrogens is 344 g/mol. The van der Waals surface area contributed by atoms with Crippen LogP contribution in [0.1, 0.15) is 48.1 Å². The number of aromatic nitrogens is 3. The van der Waals surface area contributed by atoms with Gasteiger partial charge in [0, 0.05) is 42.7 Å². The van der Waals surface area contributed by atoms with E-state index < -0.39 is 0 Å². The van der Waals surface area contributed by atoms with E-state index >= 15 is 0 Å². The van der Waals surface area contributed by atoms with Crippen molar-refractivity contribution in [1.82, 2.24) is 24.8 Å². The van der Waals surface area contributed by atoms with Crippen LogP contribution in [0, 0.1) is 0 Å². The molecule has 0 aliphatic carbocycles. The van der Waals surface area contributed by atoms with Gasteiger partial charge in [0.25, 0.3) is 5.91 Å². The van der Waals surface area contributed by atoms with Crippen molar-refractivity contribution in [3.05, 3.63) is 51.8 Å². The highest BCUT2D eigenvalue weighted by atomic mass is 16.2. The third-order valence-electron chi connectivity index (χ3n) is 4.93. The Labute approximate surface area is 158 Å². The Morgan fingerprint density at radius 1 is 1.44 bits per heavy atom. The van der Waals surface area contributed by atoms with Gasteiger partial charge in [-0.2, -0.15) is 0 Å². The lowest BCUT2D eigenvalue weighted by atomic mass is 10.1. The fraction of sp³-hybridized carbons (Fsp3) is 0.474. The van der Waals surface area contributed by atoms with E-state index in [9.17, 15) is 9.59 Å². The zero-order valence-corrected chi connectivity index (χ0v) is 16.0. The van der Waals surface area contributed by atoms with Crippen molar-refractivity contribution < 1.29 is 4.79 Å². The summed E-state index contributed by atoms with van der Waals surface area (Å²) < 4.78 is 0. The Hall–Kier alpha value is -2.74. The van der Waals surface area contributed by atoms with E-state index in [2.05, 4.69) is 19.9 Å². The number of H-pyrrole nitrogens is 1. The summed E-state index contributed by atoms with van der Waals surface area (Å²) in [5.41, 5.74) is 6.69. The Kier molecular flexibility index (Phi) is 5.55. The summed E-state index contributed by atoms with van der Waals surface area (Å²) in [6.45, 7) is 5.81. The summed E-state index contributed by atoms with van der Waals surface area (Å²) in [6, 6.07) is 5.04. The molecular formula is C19H26N6O2. The number of nitrogens with one attached hydrogen (secondary N) is 1. The molecule has 3 rings (SSSR count). The molecule has 1 saturated heterocycles. The first-order chi connectivity index (χ1) is 12.8. The van der Waals surface area contributed by atoms with Crippen LogP contribution in [0.5, 0.6) is 0 Å². The SMILES string of the molecule is CC(C)c1cc(C(=O)N2CC[C@H](N(C)Cc3nccc(N)n3)C2)cc(=O)[nH]1. The standard InChI is InChI=1S/C19H26N6O2/c1-12(2)15-8-13(9-18(26)22-15)19(27)25-7-5-14(10-25)24(3)11-17-21-6-4-16(20)23-17/h4,6,8-9,12,14H,5,7,10-11H2,1-3H3,(H,22,26)(H2,20,21,23)/t14-/m0/s1. The van der Waals surface area contributed by atoms with Crippen LogP contribution in [-0.4, -0.2) is 56.8 Å². The number of carbonyl (C=O) groups is 1. The van der Waals surface area contributed by atoms with Gasteiger partial charge in [0.05, 0.1) is 6.54 Å². The third-order valence-corrected chi connectivity index (χ3v) is 4.93. The number of likely N-dealkylation sites (N-methyl/N-ethyl adjacent to an activating group) is 1. The van der Waals surface area contributed by atoms with Gasteiger partial charge in [-0.15, -0.1) is 0 Å². The van der Waals surface area contributed by atoms with Crippen molar-refractivity contribution in [1.29, 1.82) is 0 Å². The molecule has 1 atom stereocenters. The third kappa shape index (κ3) is 4.51. The minimum Gasteiger partial charge on any atom is -0.384 e. The number of nitrogen functional groups attached to an aromatic ring is 1. The molecule has 8 heteroatoms. The Morgan fingerprint density at radius 2 is 2.22 bits per heavy atom. The summed E-state index contributed by atoms with van der Waals surface area (Å²) >= 11 is 0. The van der Waals surface area contributed by atoms with Crippen LogP contribution in [0.25, 0.3) is 0 Å². The molecule has 27 heavy (non-hydrogen) atoms. The molecule has 1 aliphatic rings. The summed E-state index contributed by atoms with van der Waals surface area (Å²) in [6.07, 6.45) is 2.51. The van der Waals surface area contributed by atoms with Gasteiger partial charge in [0.15, 0.2) is 0 Å². The maximum atomic E-state index is 12.9. The number of amides is 1. The van der Waals surface area contributed by atoms with E-state index in [1.54, 1.807) is 23.2 Å². The van der Waals surface area contributed by atoms with Crippen molar-refractivity contribution in [2.75, 3.05) is 25.9 Å². The van der Waals surface area contributed by atoms with Crippen molar-refractivity contribution in [2.24, 2.45) is 0 Å². The summed E-state index contributed by atoms with van der Waals surface area (Å²) in [7, 11) is 2.00. The number of carbonyl (C=O) groups excluding carboxylic acids is 1. The predicted octanol–water partition coefficient (Wildman–Crippen LogP) is 1.22. The number of nitrogens with two attached hydrogens (primary N) is 1. The van der Waals surface area contributed by atoms with Crippen molar-refractivity contribution in [3.8, 4) is 0 Å². The number of aromatic amines is 1. The van der Waals surface area contributed by atoms with Gasteiger partial charge in [-0.1, -0.05) is 13.8 Å². The van der Waals surface area contributed by atoms with Gasteiger partial charge in [-0.05, 0) is 31.5 Å². The van der Waals surface area contributed by atoms with Crippen molar-refractivity contribution in [2.45, 2.75) is 38.8 Å². The molecule has 0 radical (unpaired) electrons. The number of hydrogen-bond donors (Lipinski definition) is 2. The summed E-state index contributed by atoms with van der Waals surface area (Å²) in [5.74, 6) is 1.17. The number of anilines is 1. The monoisotopic (exact) mass is 370 g/mol. The molecule has 2 aromatic rings. The minimum atomic E-state index is -0.240. The first-order valence-corrected chi connectivity index (χ1v) is 9.14. The molecule has 1 amide bonds.